The summed E-state index contributed by atoms with van der Waals surface area (Å²) in [6.45, 7) is 2.56. The van der Waals surface area contributed by atoms with E-state index in [1.807, 2.05) is 35.2 Å². The van der Waals surface area contributed by atoms with Crippen LogP contribution in [0.15, 0.2) is 48.5 Å². The van der Waals surface area contributed by atoms with Crippen LogP contribution in [0, 0.1) is 6.92 Å². The van der Waals surface area contributed by atoms with Crippen LogP contribution < -0.4 is 10.6 Å². The van der Waals surface area contributed by atoms with Crippen LogP contribution >= 0.6 is 0 Å². The van der Waals surface area contributed by atoms with E-state index >= 15 is 0 Å². The lowest BCUT2D eigenvalue weighted by atomic mass is 9.61. The van der Waals surface area contributed by atoms with E-state index < -0.39 is 40.9 Å². The first kappa shape index (κ1) is 26.7. The van der Waals surface area contributed by atoms with Crippen molar-refractivity contribution < 1.29 is 27.9 Å². The Bertz CT molecular complexity index is 1180. The van der Waals surface area contributed by atoms with Crippen molar-refractivity contribution in [2.45, 2.75) is 87.8 Å². The number of benzene rings is 2. The third-order valence-corrected chi connectivity index (χ3v) is 8.86. The van der Waals surface area contributed by atoms with E-state index in [-0.39, 0.29) is 17.0 Å². The van der Waals surface area contributed by atoms with Crippen LogP contribution in [-0.2, 0) is 17.5 Å². The van der Waals surface area contributed by atoms with Gasteiger partial charge in [-0.3, -0.25) is 14.5 Å². The summed E-state index contributed by atoms with van der Waals surface area (Å²) in [6.07, 6.45) is -0.783. The van der Waals surface area contributed by atoms with E-state index in [0.717, 1.165) is 11.6 Å². The van der Waals surface area contributed by atoms with E-state index in [4.69, 9.17) is 0 Å². The molecule has 4 fully saturated rings. The van der Waals surface area contributed by atoms with Crippen LogP contribution in [0.5, 0.6) is 0 Å². The maximum absolute atomic E-state index is 13.4. The number of halogens is 3. The minimum Gasteiger partial charge on any atom is -0.391 e. The van der Waals surface area contributed by atoms with Gasteiger partial charge >= 0.3 is 6.18 Å². The van der Waals surface area contributed by atoms with E-state index in [1.54, 1.807) is 0 Å². The summed E-state index contributed by atoms with van der Waals surface area (Å²) in [5.41, 5.74) is -0.625. The molecule has 4 aliphatic rings. The van der Waals surface area contributed by atoms with Crippen LogP contribution in [0.25, 0.3) is 0 Å². The third-order valence-electron chi connectivity index (χ3n) is 8.86. The molecule has 3 aliphatic carbocycles. The molecule has 1 saturated heterocycles. The van der Waals surface area contributed by atoms with Crippen molar-refractivity contribution in [1.29, 1.82) is 0 Å². The fourth-order valence-electron chi connectivity index (χ4n) is 6.57. The molecule has 0 aromatic heterocycles. The number of likely N-dealkylation sites (tertiary alicyclic amines) is 1. The first-order chi connectivity index (χ1) is 18.0. The molecule has 9 heteroatoms. The summed E-state index contributed by atoms with van der Waals surface area (Å²) in [6, 6.07) is 13.0. The molecule has 1 heterocycles. The van der Waals surface area contributed by atoms with Gasteiger partial charge in [0, 0.05) is 29.7 Å². The van der Waals surface area contributed by atoms with Crippen LogP contribution in [0.3, 0.4) is 0 Å². The first-order valence-electron chi connectivity index (χ1n) is 13.3. The van der Waals surface area contributed by atoms with Crippen molar-refractivity contribution in [2.75, 3.05) is 6.54 Å². The molecule has 0 spiro atoms. The first-order valence-corrected chi connectivity index (χ1v) is 13.3. The summed E-state index contributed by atoms with van der Waals surface area (Å²) in [5, 5.41) is 16.9. The second-order valence-corrected chi connectivity index (χ2v) is 11.2. The summed E-state index contributed by atoms with van der Waals surface area (Å²) in [4.78, 5) is 28.5. The molecule has 0 unspecified atom stereocenters. The van der Waals surface area contributed by atoms with Gasteiger partial charge in [0.2, 0.25) is 5.91 Å². The Hall–Kier alpha value is -2.91. The molecule has 6 nitrogen and oxygen atoms in total. The zero-order valence-corrected chi connectivity index (χ0v) is 21.5. The quantitative estimate of drug-likeness (QED) is 0.520. The smallest absolute Gasteiger partial charge is 0.391 e. The van der Waals surface area contributed by atoms with Crippen molar-refractivity contribution in [2.24, 2.45) is 0 Å². The fraction of sp³-hybridized carbons (Fsp3) is 0.517. The number of hydrogen-bond acceptors (Lipinski definition) is 4. The number of nitrogens with one attached hydrogen (secondary N) is 2. The molecule has 38 heavy (non-hydrogen) atoms. The van der Waals surface area contributed by atoms with Crippen molar-refractivity contribution in [3.05, 3.63) is 70.8 Å². The van der Waals surface area contributed by atoms with Gasteiger partial charge in [0.15, 0.2) is 0 Å². The topological polar surface area (TPSA) is 81.7 Å². The van der Waals surface area contributed by atoms with Crippen LogP contribution in [-0.4, -0.2) is 51.6 Å². The average molecular weight is 530 g/mol. The normalized spacial score (nSPS) is 29.3. The Morgan fingerprint density at radius 2 is 1.55 bits per heavy atom. The molecular weight excluding hydrogens is 495 g/mol. The molecule has 2 bridgehead atoms. The molecule has 3 saturated carbocycles. The fourth-order valence-corrected chi connectivity index (χ4v) is 6.57. The number of fused-ring (bicyclic) bond motifs is 3. The monoisotopic (exact) mass is 529 g/mol. The third kappa shape index (κ3) is 5.18. The number of alkyl halides is 3. The highest BCUT2D eigenvalue weighted by molar-refractivity contribution is 5.96. The predicted molar refractivity (Wildman–Crippen MR) is 136 cm³/mol. The minimum absolute atomic E-state index is 0.0404. The molecule has 2 aromatic carbocycles. The molecule has 1 aliphatic heterocycles. The lowest BCUT2D eigenvalue weighted by Gasteiger charge is -2.54. The second kappa shape index (κ2) is 10.0. The highest BCUT2D eigenvalue weighted by Crippen LogP contribution is 2.47. The van der Waals surface area contributed by atoms with Gasteiger partial charge in [0.05, 0.1) is 11.7 Å². The molecular formula is C29H34F3N3O3. The van der Waals surface area contributed by atoms with Gasteiger partial charge in [-0.2, -0.15) is 13.2 Å². The van der Waals surface area contributed by atoms with Crippen LogP contribution in [0.4, 0.5) is 13.2 Å². The zero-order chi connectivity index (χ0) is 27.1. The Labute approximate surface area is 220 Å². The second-order valence-electron chi connectivity index (χ2n) is 11.2. The van der Waals surface area contributed by atoms with E-state index in [1.165, 1.54) is 19.1 Å². The molecule has 204 valence electrons. The van der Waals surface area contributed by atoms with E-state index in [0.29, 0.717) is 58.0 Å². The van der Waals surface area contributed by atoms with Crippen LogP contribution in [0.2, 0.25) is 0 Å². The summed E-state index contributed by atoms with van der Waals surface area (Å²) < 4.78 is 40.0. The largest absolute Gasteiger partial charge is 0.416 e. The van der Waals surface area contributed by atoms with E-state index in [9.17, 15) is 27.9 Å². The summed E-state index contributed by atoms with van der Waals surface area (Å²) in [7, 11) is 0. The summed E-state index contributed by atoms with van der Waals surface area (Å²) >= 11 is 0. The average Bonchev–Trinajstić information content (AvgIpc) is 3.25. The van der Waals surface area contributed by atoms with Gasteiger partial charge in [-0.1, -0.05) is 36.4 Å². The molecule has 2 aromatic rings. The van der Waals surface area contributed by atoms with Gasteiger partial charge in [-0.15, -0.1) is 0 Å². The zero-order valence-electron chi connectivity index (χ0n) is 21.5. The van der Waals surface area contributed by atoms with Gasteiger partial charge in [-0.05, 0) is 75.1 Å². The number of nitrogens with zero attached hydrogens (tertiary/aromatic N) is 1. The maximum atomic E-state index is 13.4. The van der Waals surface area contributed by atoms with Crippen molar-refractivity contribution in [3.63, 3.8) is 0 Å². The standard InChI is InChI=1S/C29H34F3N3O3/c1-19-21(8-5-9-22(19)29(30,31)32)25(37)33-27-11-14-28(15-12-27,16-13-27)34-26(38)24-23(36)10-17-35(24)18-20-6-3-2-4-7-20/h2-9,23-24,36H,10-18H2,1H3,(H,33,37)(H,34,38)/t23-,24+,27?,28?/m0/s1. The van der Waals surface area contributed by atoms with Gasteiger partial charge in [-0.25, -0.2) is 0 Å². The number of hydrogen-bond donors (Lipinski definition) is 3. The predicted octanol–water partition coefficient (Wildman–Crippen LogP) is 4.34. The van der Waals surface area contributed by atoms with Gasteiger partial charge < -0.3 is 15.7 Å². The Morgan fingerprint density at radius 1 is 0.947 bits per heavy atom. The van der Waals surface area contributed by atoms with E-state index in [2.05, 4.69) is 10.6 Å². The number of amides is 2. The lowest BCUT2D eigenvalue weighted by Crippen LogP contribution is -2.65. The number of aliphatic hydroxyl groups excluding tert-OH is 1. The van der Waals surface area contributed by atoms with Gasteiger partial charge in [0.1, 0.15) is 6.04 Å². The molecule has 0 radical (unpaired) electrons. The molecule has 2 atom stereocenters. The molecule has 2 amide bonds. The Morgan fingerprint density at radius 3 is 2.16 bits per heavy atom. The van der Waals surface area contributed by atoms with Crippen molar-refractivity contribution in [3.8, 4) is 0 Å². The van der Waals surface area contributed by atoms with Crippen molar-refractivity contribution >= 4 is 11.8 Å². The minimum atomic E-state index is -4.52. The van der Waals surface area contributed by atoms with Crippen molar-refractivity contribution in [1.82, 2.24) is 15.5 Å². The number of aliphatic hydroxyl groups is 1. The highest BCUT2D eigenvalue weighted by atomic mass is 19.4. The SMILES string of the molecule is Cc1c(C(=O)NC23CCC(NC(=O)[C@H]4[C@@H](O)CCN4Cc4ccccc4)(CC2)CC3)cccc1C(F)(F)F. The van der Waals surface area contributed by atoms with Crippen LogP contribution in [0.1, 0.15) is 72.0 Å². The number of rotatable bonds is 6. The number of carbonyl (C=O) groups excluding carboxylic acids is 2. The lowest BCUT2D eigenvalue weighted by molar-refractivity contribution is -0.138. The van der Waals surface area contributed by atoms with Gasteiger partial charge in [0.25, 0.3) is 5.91 Å². The maximum Gasteiger partial charge on any atom is 0.416 e. The molecule has 6 rings (SSSR count). The molecule has 3 N–H and O–H groups in total. The number of carbonyl (C=O) groups is 2. The highest BCUT2D eigenvalue weighted by Gasteiger charge is 2.51. The Kier molecular flexibility index (Phi) is 7.02. The Balaban J connectivity index is 1.22. The summed E-state index contributed by atoms with van der Waals surface area (Å²) in [5.74, 6) is -0.651.